The lowest BCUT2D eigenvalue weighted by Crippen LogP contribution is -2.22. The van der Waals surface area contributed by atoms with Crippen molar-refractivity contribution in [1.29, 1.82) is 0 Å². The van der Waals surface area contributed by atoms with E-state index in [1.165, 1.54) is 17.1 Å². The summed E-state index contributed by atoms with van der Waals surface area (Å²) < 4.78 is 3.95. The molecule has 0 spiro atoms. The lowest BCUT2D eigenvalue weighted by molar-refractivity contribution is 0.614. The van der Waals surface area contributed by atoms with E-state index in [1.54, 1.807) is 0 Å². The average Bonchev–Trinajstić information content (AvgIpc) is 2.98. The average molecular weight is 270 g/mol. The Kier molecular flexibility index (Phi) is 3.48. The molecule has 0 aliphatic heterocycles. The van der Waals surface area contributed by atoms with Crippen molar-refractivity contribution in [2.45, 2.75) is 13.0 Å². The van der Waals surface area contributed by atoms with Gasteiger partial charge in [-0.2, -0.15) is 0 Å². The molecule has 4 nitrogen and oxygen atoms in total. The van der Waals surface area contributed by atoms with Crippen molar-refractivity contribution in [3.63, 3.8) is 0 Å². The first-order valence-corrected chi connectivity index (χ1v) is 7.07. The fourth-order valence-electron chi connectivity index (χ4n) is 2.17. The highest BCUT2D eigenvalue weighted by molar-refractivity contribution is 7.03. The number of fused-ring (bicyclic) bond motifs is 1. The Morgan fingerprint density at radius 1 is 1.32 bits per heavy atom. The van der Waals surface area contributed by atoms with Gasteiger partial charge in [-0.1, -0.05) is 23.5 Å². The van der Waals surface area contributed by atoms with Gasteiger partial charge in [-0.05, 0) is 41.8 Å². The summed E-state index contributed by atoms with van der Waals surface area (Å²) in [6.45, 7) is 2.97. The van der Waals surface area contributed by atoms with Gasteiger partial charge in [-0.3, -0.25) is 4.98 Å². The molecule has 3 rings (SSSR count). The van der Waals surface area contributed by atoms with Crippen LogP contribution in [0.2, 0.25) is 0 Å². The lowest BCUT2D eigenvalue weighted by atomic mass is 10.0. The van der Waals surface area contributed by atoms with Crippen molar-refractivity contribution in [2.24, 2.45) is 0 Å². The molecule has 1 N–H and O–H groups in total. The molecule has 1 aromatic carbocycles. The van der Waals surface area contributed by atoms with E-state index in [0.29, 0.717) is 0 Å². The van der Waals surface area contributed by atoms with Crippen LogP contribution in [0.15, 0.2) is 41.9 Å². The molecule has 0 aliphatic carbocycles. The van der Waals surface area contributed by atoms with Crippen LogP contribution in [0, 0.1) is 0 Å². The Hall–Kier alpha value is -1.85. The number of hydrogen-bond acceptors (Lipinski definition) is 5. The Balaban J connectivity index is 2.05. The molecule has 2 aromatic heterocycles. The molecule has 5 heteroatoms. The summed E-state index contributed by atoms with van der Waals surface area (Å²) in [5, 5.41) is 10.8. The van der Waals surface area contributed by atoms with Gasteiger partial charge in [0.2, 0.25) is 0 Å². The summed E-state index contributed by atoms with van der Waals surface area (Å²) in [4.78, 5) is 4.34. The first-order valence-electron chi connectivity index (χ1n) is 6.23. The summed E-state index contributed by atoms with van der Waals surface area (Å²) >= 11 is 1.38. The second kappa shape index (κ2) is 5.42. The molecule has 0 saturated heterocycles. The Morgan fingerprint density at radius 3 is 3.05 bits per heavy atom. The quantitative estimate of drug-likeness (QED) is 0.792. The summed E-state index contributed by atoms with van der Waals surface area (Å²) in [6, 6.07) is 10.4. The minimum absolute atomic E-state index is 0.0911. The molecule has 19 heavy (non-hydrogen) atoms. The Bertz CT molecular complexity index is 666. The van der Waals surface area contributed by atoms with Crippen LogP contribution in [0.1, 0.15) is 24.2 Å². The van der Waals surface area contributed by atoms with E-state index < -0.39 is 0 Å². The molecule has 1 unspecified atom stereocenters. The van der Waals surface area contributed by atoms with Gasteiger partial charge in [-0.15, -0.1) is 5.10 Å². The third-order valence-corrected chi connectivity index (χ3v) is 3.56. The molecule has 96 valence electrons. The first-order chi connectivity index (χ1) is 9.38. The SMILES string of the molecule is CCNC(c1ccc2ncccc2c1)c1csnn1. The third-order valence-electron chi connectivity index (χ3n) is 3.04. The molecule has 0 aliphatic rings. The Morgan fingerprint density at radius 2 is 2.26 bits per heavy atom. The van der Waals surface area contributed by atoms with Crippen molar-refractivity contribution in [3.8, 4) is 0 Å². The maximum atomic E-state index is 4.34. The van der Waals surface area contributed by atoms with Gasteiger partial charge < -0.3 is 5.32 Å². The predicted octanol–water partition coefficient (Wildman–Crippen LogP) is 2.79. The van der Waals surface area contributed by atoms with Gasteiger partial charge in [0.15, 0.2) is 0 Å². The van der Waals surface area contributed by atoms with Crippen molar-refractivity contribution in [2.75, 3.05) is 6.54 Å². The second-order valence-corrected chi connectivity index (χ2v) is 4.89. The third kappa shape index (κ3) is 2.47. The second-order valence-electron chi connectivity index (χ2n) is 4.28. The molecular weight excluding hydrogens is 256 g/mol. The van der Waals surface area contributed by atoms with E-state index in [9.17, 15) is 0 Å². The largest absolute Gasteiger partial charge is 0.305 e. The molecule has 0 bridgehead atoms. The number of nitrogens with one attached hydrogen (secondary N) is 1. The van der Waals surface area contributed by atoms with E-state index in [4.69, 9.17) is 0 Å². The maximum absolute atomic E-state index is 4.34. The zero-order valence-corrected chi connectivity index (χ0v) is 11.4. The molecule has 2 heterocycles. The van der Waals surface area contributed by atoms with Gasteiger partial charge in [0.25, 0.3) is 0 Å². The molecule has 1 atom stereocenters. The number of pyridine rings is 1. The van der Waals surface area contributed by atoms with E-state index in [2.05, 4.69) is 51.1 Å². The first kappa shape index (κ1) is 12.2. The highest BCUT2D eigenvalue weighted by Crippen LogP contribution is 2.24. The van der Waals surface area contributed by atoms with Gasteiger partial charge in [0.1, 0.15) is 0 Å². The summed E-state index contributed by atoms with van der Waals surface area (Å²) in [5.74, 6) is 0. The van der Waals surface area contributed by atoms with E-state index >= 15 is 0 Å². The molecule has 3 aromatic rings. The summed E-state index contributed by atoms with van der Waals surface area (Å²) in [6.07, 6.45) is 1.81. The summed E-state index contributed by atoms with van der Waals surface area (Å²) in [7, 11) is 0. The van der Waals surface area contributed by atoms with Crippen LogP contribution in [0.5, 0.6) is 0 Å². The molecule has 0 amide bonds. The van der Waals surface area contributed by atoms with Crippen molar-refractivity contribution < 1.29 is 0 Å². The minimum atomic E-state index is 0.0911. The van der Waals surface area contributed by atoms with Gasteiger partial charge in [-0.25, -0.2) is 0 Å². The van der Waals surface area contributed by atoms with Crippen LogP contribution in [0.25, 0.3) is 10.9 Å². The fraction of sp³-hybridized carbons (Fsp3) is 0.214. The molecule has 0 saturated carbocycles. The van der Waals surface area contributed by atoms with Gasteiger partial charge >= 0.3 is 0 Å². The van der Waals surface area contributed by atoms with Gasteiger partial charge in [0.05, 0.1) is 17.3 Å². The highest BCUT2D eigenvalue weighted by atomic mass is 32.1. The number of rotatable bonds is 4. The fourth-order valence-corrected chi connectivity index (χ4v) is 2.65. The van der Waals surface area contributed by atoms with E-state index in [-0.39, 0.29) is 6.04 Å². The van der Waals surface area contributed by atoms with Crippen LogP contribution in [0.3, 0.4) is 0 Å². The minimum Gasteiger partial charge on any atom is -0.305 e. The molecule has 0 fully saturated rings. The monoisotopic (exact) mass is 270 g/mol. The number of benzene rings is 1. The molecular formula is C14H14N4S. The normalized spacial score (nSPS) is 12.7. The van der Waals surface area contributed by atoms with Crippen LogP contribution in [-0.4, -0.2) is 21.1 Å². The summed E-state index contributed by atoms with van der Waals surface area (Å²) in [5.41, 5.74) is 3.17. The van der Waals surface area contributed by atoms with Crippen LogP contribution in [-0.2, 0) is 0 Å². The van der Waals surface area contributed by atoms with Gasteiger partial charge in [0, 0.05) is 17.0 Å². The van der Waals surface area contributed by atoms with Crippen molar-refractivity contribution in [1.82, 2.24) is 19.9 Å². The topological polar surface area (TPSA) is 50.7 Å². The van der Waals surface area contributed by atoms with E-state index in [1.807, 2.05) is 17.6 Å². The zero-order valence-electron chi connectivity index (χ0n) is 10.6. The van der Waals surface area contributed by atoms with Crippen LogP contribution < -0.4 is 5.32 Å². The standard InChI is InChI=1S/C14H14N4S/c1-2-15-14(13-9-19-18-17-13)11-5-6-12-10(8-11)4-3-7-16-12/h3-9,14-15H,2H2,1H3. The lowest BCUT2D eigenvalue weighted by Gasteiger charge is -2.16. The smallest absolute Gasteiger partial charge is 0.0970 e. The maximum Gasteiger partial charge on any atom is 0.0970 e. The van der Waals surface area contributed by atoms with Crippen molar-refractivity contribution in [3.05, 3.63) is 53.2 Å². The number of aromatic nitrogens is 3. The number of hydrogen-bond donors (Lipinski definition) is 1. The zero-order chi connectivity index (χ0) is 13.1. The van der Waals surface area contributed by atoms with Crippen LogP contribution >= 0.6 is 11.5 Å². The Labute approximate surface area is 115 Å². The van der Waals surface area contributed by atoms with Crippen LogP contribution in [0.4, 0.5) is 0 Å². The molecule has 0 radical (unpaired) electrons. The van der Waals surface area contributed by atoms with E-state index in [0.717, 1.165) is 23.1 Å². The van der Waals surface area contributed by atoms with Crippen molar-refractivity contribution >= 4 is 22.4 Å². The number of nitrogens with zero attached hydrogens (tertiary/aromatic N) is 3. The predicted molar refractivity (Wildman–Crippen MR) is 77.2 cm³/mol. The highest BCUT2D eigenvalue weighted by Gasteiger charge is 2.15.